The summed E-state index contributed by atoms with van der Waals surface area (Å²) in [6.07, 6.45) is 1.09. The summed E-state index contributed by atoms with van der Waals surface area (Å²) in [6, 6.07) is 6.83. The Labute approximate surface area is 93.0 Å². The van der Waals surface area contributed by atoms with E-state index in [1.54, 1.807) is 0 Å². The van der Waals surface area contributed by atoms with Crippen LogP contribution in [0.4, 0.5) is 5.69 Å². The fraction of sp³-hybridized carbons (Fsp3) is 0.455. The summed E-state index contributed by atoms with van der Waals surface area (Å²) in [5.74, 6) is 0.522. The van der Waals surface area contributed by atoms with Gasteiger partial charge in [-0.05, 0) is 46.4 Å². The summed E-state index contributed by atoms with van der Waals surface area (Å²) in [6.45, 7) is 2.93. The lowest BCUT2D eigenvalue weighted by Crippen LogP contribution is -2.30. The van der Waals surface area contributed by atoms with Gasteiger partial charge in [0, 0.05) is 10.5 Å². The lowest BCUT2D eigenvalue weighted by molar-refractivity contribution is 0.503. The van der Waals surface area contributed by atoms with Gasteiger partial charge >= 0.3 is 0 Å². The molecule has 0 radical (unpaired) electrons. The van der Waals surface area contributed by atoms with Crippen LogP contribution in [0.3, 0.4) is 0 Å². The van der Waals surface area contributed by atoms with E-state index in [4.69, 9.17) is 5.73 Å². The number of hydrogen-bond acceptors (Lipinski definition) is 2. The van der Waals surface area contributed by atoms with Gasteiger partial charge in [-0.15, -0.1) is 0 Å². The Kier molecular flexibility index (Phi) is 2.79. The van der Waals surface area contributed by atoms with Crippen LogP contribution in [-0.4, -0.2) is 12.6 Å². The quantitative estimate of drug-likeness (QED) is 0.851. The van der Waals surface area contributed by atoms with Crippen molar-refractivity contribution in [3.63, 3.8) is 0 Å². The number of para-hydroxylation sites is 1. The van der Waals surface area contributed by atoms with Gasteiger partial charge in [0.15, 0.2) is 0 Å². The average Bonchev–Trinajstić information content (AvgIpc) is 2.62. The molecule has 76 valence electrons. The molecule has 14 heavy (non-hydrogen) atoms. The summed E-state index contributed by atoms with van der Waals surface area (Å²) >= 11 is 3.55. The van der Waals surface area contributed by atoms with Crippen LogP contribution in [0.25, 0.3) is 0 Å². The average molecular weight is 255 g/mol. The van der Waals surface area contributed by atoms with E-state index < -0.39 is 0 Å². The molecule has 1 aromatic carbocycles. The van der Waals surface area contributed by atoms with Crippen LogP contribution in [0.15, 0.2) is 22.7 Å². The number of anilines is 1. The Morgan fingerprint density at radius 2 is 2.43 bits per heavy atom. The highest BCUT2D eigenvalue weighted by atomic mass is 79.9. The normalized spacial score (nSPS) is 21.5. The number of nitrogens with one attached hydrogen (secondary N) is 1. The molecule has 3 N–H and O–H groups in total. The zero-order valence-corrected chi connectivity index (χ0v) is 9.84. The Balaban J connectivity index is 2.22. The van der Waals surface area contributed by atoms with E-state index in [1.807, 2.05) is 0 Å². The maximum atomic E-state index is 5.67. The van der Waals surface area contributed by atoms with Gasteiger partial charge in [-0.1, -0.05) is 19.1 Å². The number of fused-ring (bicyclic) bond motifs is 1. The van der Waals surface area contributed by atoms with Crippen LogP contribution in [0.2, 0.25) is 0 Å². The van der Waals surface area contributed by atoms with Gasteiger partial charge in [-0.3, -0.25) is 0 Å². The van der Waals surface area contributed by atoms with Crippen LogP contribution in [0.5, 0.6) is 0 Å². The van der Waals surface area contributed by atoms with Crippen molar-refractivity contribution in [3.8, 4) is 0 Å². The Hall–Kier alpha value is -0.540. The fourth-order valence-electron chi connectivity index (χ4n) is 1.88. The third-order valence-corrected chi connectivity index (χ3v) is 3.59. The second-order valence-corrected chi connectivity index (χ2v) is 4.80. The third kappa shape index (κ3) is 1.66. The molecular formula is C11H15BrN2. The van der Waals surface area contributed by atoms with E-state index in [2.05, 4.69) is 46.4 Å². The molecule has 1 aliphatic heterocycles. The second-order valence-electron chi connectivity index (χ2n) is 3.94. The van der Waals surface area contributed by atoms with Crippen LogP contribution in [0, 0.1) is 5.92 Å². The predicted molar refractivity (Wildman–Crippen MR) is 63.5 cm³/mol. The van der Waals surface area contributed by atoms with Crippen molar-refractivity contribution < 1.29 is 0 Å². The van der Waals surface area contributed by atoms with E-state index in [1.165, 1.54) is 11.3 Å². The first-order valence-electron chi connectivity index (χ1n) is 4.96. The Morgan fingerprint density at radius 3 is 3.07 bits per heavy atom. The first-order chi connectivity index (χ1) is 6.72. The molecule has 2 nitrogen and oxygen atoms in total. The van der Waals surface area contributed by atoms with Crippen molar-refractivity contribution in [2.24, 2.45) is 11.7 Å². The van der Waals surface area contributed by atoms with E-state index in [0.29, 0.717) is 12.0 Å². The van der Waals surface area contributed by atoms with Crippen molar-refractivity contribution >= 4 is 21.6 Å². The lowest BCUT2D eigenvalue weighted by atomic mass is 9.99. The van der Waals surface area contributed by atoms with Gasteiger partial charge in [0.1, 0.15) is 0 Å². The summed E-state index contributed by atoms with van der Waals surface area (Å²) in [7, 11) is 0. The van der Waals surface area contributed by atoms with Crippen molar-refractivity contribution in [2.45, 2.75) is 19.4 Å². The zero-order chi connectivity index (χ0) is 10.1. The summed E-state index contributed by atoms with van der Waals surface area (Å²) < 4.78 is 1.15. The molecule has 0 bridgehead atoms. The van der Waals surface area contributed by atoms with E-state index >= 15 is 0 Å². The maximum Gasteiger partial charge on any atom is 0.0520 e. The SMILES string of the molecule is CC(CN)C1Cc2cccc(Br)c2N1. The van der Waals surface area contributed by atoms with Crippen LogP contribution in [0.1, 0.15) is 12.5 Å². The Morgan fingerprint density at radius 1 is 1.64 bits per heavy atom. The molecule has 0 saturated carbocycles. The molecule has 2 atom stereocenters. The molecule has 0 aromatic heterocycles. The van der Waals surface area contributed by atoms with Gasteiger partial charge < -0.3 is 11.1 Å². The number of nitrogens with two attached hydrogens (primary N) is 1. The van der Waals surface area contributed by atoms with Gasteiger partial charge in [-0.25, -0.2) is 0 Å². The zero-order valence-electron chi connectivity index (χ0n) is 8.26. The summed E-state index contributed by atoms with van der Waals surface area (Å²) in [4.78, 5) is 0. The molecule has 0 amide bonds. The van der Waals surface area contributed by atoms with Gasteiger partial charge in [0.2, 0.25) is 0 Å². The number of halogens is 1. The maximum absolute atomic E-state index is 5.67. The molecule has 1 heterocycles. The largest absolute Gasteiger partial charge is 0.381 e. The number of rotatable bonds is 2. The molecule has 1 aromatic rings. The van der Waals surface area contributed by atoms with Gasteiger partial charge in [0.25, 0.3) is 0 Å². The lowest BCUT2D eigenvalue weighted by Gasteiger charge is -2.18. The van der Waals surface area contributed by atoms with Gasteiger partial charge in [0.05, 0.1) is 5.69 Å². The smallest absolute Gasteiger partial charge is 0.0520 e. The number of hydrogen-bond donors (Lipinski definition) is 2. The third-order valence-electron chi connectivity index (χ3n) is 2.93. The Bertz CT molecular complexity index is 338. The van der Waals surface area contributed by atoms with Crippen molar-refractivity contribution in [2.75, 3.05) is 11.9 Å². The molecular weight excluding hydrogens is 240 g/mol. The van der Waals surface area contributed by atoms with Crippen molar-refractivity contribution in [1.82, 2.24) is 0 Å². The van der Waals surface area contributed by atoms with Crippen LogP contribution >= 0.6 is 15.9 Å². The fourth-order valence-corrected chi connectivity index (χ4v) is 2.40. The molecule has 3 heteroatoms. The van der Waals surface area contributed by atoms with E-state index in [9.17, 15) is 0 Å². The molecule has 0 spiro atoms. The van der Waals surface area contributed by atoms with E-state index in [-0.39, 0.29) is 0 Å². The molecule has 2 unspecified atom stereocenters. The first-order valence-corrected chi connectivity index (χ1v) is 5.75. The molecule has 0 aliphatic carbocycles. The predicted octanol–water partition coefficient (Wildman–Crippen LogP) is 2.38. The molecule has 0 saturated heterocycles. The molecule has 1 aliphatic rings. The highest BCUT2D eigenvalue weighted by molar-refractivity contribution is 9.10. The minimum atomic E-state index is 0.494. The standard InChI is InChI=1S/C11H15BrN2/c1-7(6-13)10-5-8-3-2-4-9(12)11(8)14-10/h2-4,7,10,14H,5-6,13H2,1H3. The van der Waals surface area contributed by atoms with Crippen molar-refractivity contribution in [1.29, 1.82) is 0 Å². The second kappa shape index (κ2) is 3.91. The van der Waals surface area contributed by atoms with Crippen molar-refractivity contribution in [3.05, 3.63) is 28.2 Å². The topological polar surface area (TPSA) is 38.0 Å². The molecule has 2 rings (SSSR count). The minimum absolute atomic E-state index is 0.494. The number of benzene rings is 1. The van der Waals surface area contributed by atoms with Gasteiger partial charge in [-0.2, -0.15) is 0 Å². The highest BCUT2D eigenvalue weighted by Gasteiger charge is 2.25. The highest BCUT2D eigenvalue weighted by Crippen LogP contribution is 2.34. The van der Waals surface area contributed by atoms with E-state index in [0.717, 1.165) is 17.4 Å². The first kappa shape index (κ1) is 9.99. The molecule has 0 fully saturated rings. The monoisotopic (exact) mass is 254 g/mol. The summed E-state index contributed by atoms with van der Waals surface area (Å²) in [5.41, 5.74) is 8.31. The minimum Gasteiger partial charge on any atom is -0.381 e. The van der Waals surface area contributed by atoms with Crippen LogP contribution in [-0.2, 0) is 6.42 Å². The summed E-state index contributed by atoms with van der Waals surface area (Å²) in [5, 5.41) is 3.53. The van der Waals surface area contributed by atoms with Crippen LogP contribution < -0.4 is 11.1 Å².